The molecular formula is C17H17ClN2O3S. The molecule has 0 radical (unpaired) electrons. The van der Waals surface area contributed by atoms with Gasteiger partial charge in [0.15, 0.2) is 0 Å². The van der Waals surface area contributed by atoms with E-state index in [9.17, 15) is 13.2 Å². The molecule has 7 heteroatoms. The first-order valence-corrected chi connectivity index (χ1v) is 9.66. The largest absolute Gasteiger partial charge is 0.322 e. The number of hydrogen-bond donors (Lipinski definition) is 1. The Morgan fingerprint density at radius 3 is 2.62 bits per heavy atom. The lowest BCUT2D eigenvalue weighted by Crippen LogP contribution is -2.27. The minimum Gasteiger partial charge on any atom is -0.322 e. The minimum absolute atomic E-state index is 0.292. The van der Waals surface area contributed by atoms with Crippen molar-refractivity contribution in [3.05, 3.63) is 58.1 Å². The third-order valence-electron chi connectivity index (χ3n) is 4.02. The van der Waals surface area contributed by atoms with Crippen molar-refractivity contribution in [3.63, 3.8) is 0 Å². The molecule has 2 aromatic rings. The fourth-order valence-corrected chi connectivity index (χ4v) is 3.83. The Morgan fingerprint density at radius 1 is 1.21 bits per heavy atom. The fourth-order valence-electron chi connectivity index (χ4n) is 2.76. The van der Waals surface area contributed by atoms with Gasteiger partial charge in [0, 0.05) is 22.8 Å². The van der Waals surface area contributed by atoms with Crippen LogP contribution < -0.4 is 9.62 Å². The van der Waals surface area contributed by atoms with E-state index in [1.165, 1.54) is 10.6 Å². The van der Waals surface area contributed by atoms with Crippen LogP contribution in [0.3, 0.4) is 0 Å². The number of anilines is 2. The minimum atomic E-state index is -3.34. The lowest BCUT2D eigenvalue weighted by atomic mass is 10.1. The van der Waals surface area contributed by atoms with E-state index in [1.807, 2.05) is 13.0 Å². The number of benzene rings is 2. The number of carbonyl (C=O) groups is 1. The molecule has 0 spiro atoms. The second kappa shape index (κ2) is 6.11. The van der Waals surface area contributed by atoms with E-state index in [-0.39, 0.29) is 5.91 Å². The van der Waals surface area contributed by atoms with Gasteiger partial charge in [0.1, 0.15) is 0 Å². The van der Waals surface area contributed by atoms with Crippen molar-refractivity contribution in [2.24, 2.45) is 0 Å². The summed E-state index contributed by atoms with van der Waals surface area (Å²) in [5.74, 6) is -0.292. The lowest BCUT2D eigenvalue weighted by molar-refractivity contribution is 0.102. The smallest absolute Gasteiger partial charge is 0.255 e. The number of amides is 1. The average molecular weight is 365 g/mol. The third kappa shape index (κ3) is 3.25. The van der Waals surface area contributed by atoms with E-state index in [2.05, 4.69) is 5.32 Å². The molecule has 1 amide bonds. The van der Waals surface area contributed by atoms with Crippen molar-refractivity contribution >= 4 is 38.9 Å². The zero-order valence-corrected chi connectivity index (χ0v) is 14.9. The van der Waals surface area contributed by atoms with Crippen LogP contribution in [0.1, 0.15) is 21.5 Å². The summed E-state index contributed by atoms with van der Waals surface area (Å²) >= 11 is 5.98. The maximum atomic E-state index is 12.5. The molecule has 5 nitrogen and oxygen atoms in total. The van der Waals surface area contributed by atoms with Crippen molar-refractivity contribution < 1.29 is 13.2 Å². The van der Waals surface area contributed by atoms with Gasteiger partial charge in [0.05, 0.1) is 11.9 Å². The molecule has 0 aliphatic carbocycles. The van der Waals surface area contributed by atoms with Crippen LogP contribution in [-0.2, 0) is 16.4 Å². The van der Waals surface area contributed by atoms with Gasteiger partial charge in [-0.25, -0.2) is 8.42 Å². The first-order valence-electron chi connectivity index (χ1n) is 7.44. The van der Waals surface area contributed by atoms with E-state index >= 15 is 0 Å². The molecule has 1 N–H and O–H groups in total. The average Bonchev–Trinajstić information content (AvgIpc) is 2.94. The Morgan fingerprint density at radius 2 is 1.96 bits per heavy atom. The molecule has 0 bridgehead atoms. The molecule has 1 aliphatic rings. The standard InChI is InChI=1S/C17H17ClN2O3S/c1-11-9-14(5-6-15(11)18)19-17(21)13-4-3-12-7-8-20(16(12)10-13)24(2,22)23/h3-6,9-10H,7-8H2,1-2H3,(H,19,21). The monoisotopic (exact) mass is 364 g/mol. The molecule has 0 saturated carbocycles. The molecular weight excluding hydrogens is 348 g/mol. The number of aryl methyl sites for hydroxylation is 1. The van der Waals surface area contributed by atoms with Crippen LogP contribution in [0.25, 0.3) is 0 Å². The zero-order chi connectivity index (χ0) is 17.5. The highest BCUT2D eigenvalue weighted by Crippen LogP contribution is 2.31. The Bertz CT molecular complexity index is 925. The van der Waals surface area contributed by atoms with Gasteiger partial charge >= 0.3 is 0 Å². The summed E-state index contributed by atoms with van der Waals surface area (Å²) < 4.78 is 25.0. The Hall–Kier alpha value is -2.05. The summed E-state index contributed by atoms with van der Waals surface area (Å²) in [4.78, 5) is 12.5. The SMILES string of the molecule is Cc1cc(NC(=O)c2ccc3c(c2)N(S(C)(=O)=O)CC3)ccc1Cl. The van der Waals surface area contributed by atoms with Crippen LogP contribution in [0.5, 0.6) is 0 Å². The molecule has 0 aromatic heterocycles. The summed E-state index contributed by atoms with van der Waals surface area (Å²) in [5.41, 5.74) is 3.43. The summed E-state index contributed by atoms with van der Waals surface area (Å²) in [6, 6.07) is 10.4. The zero-order valence-electron chi connectivity index (χ0n) is 13.3. The Balaban J connectivity index is 1.88. The number of halogens is 1. The van der Waals surface area contributed by atoms with Crippen LogP contribution in [0.4, 0.5) is 11.4 Å². The number of rotatable bonds is 3. The van der Waals surface area contributed by atoms with E-state index in [4.69, 9.17) is 11.6 Å². The number of fused-ring (bicyclic) bond motifs is 1. The van der Waals surface area contributed by atoms with E-state index in [1.54, 1.807) is 30.3 Å². The van der Waals surface area contributed by atoms with Gasteiger partial charge in [-0.05, 0) is 54.8 Å². The highest BCUT2D eigenvalue weighted by atomic mass is 35.5. The van der Waals surface area contributed by atoms with E-state index in [0.717, 1.165) is 11.1 Å². The van der Waals surface area contributed by atoms with Crippen molar-refractivity contribution in [2.75, 3.05) is 22.4 Å². The Labute approximate surface area is 146 Å². The van der Waals surface area contributed by atoms with Gasteiger partial charge < -0.3 is 5.32 Å². The van der Waals surface area contributed by atoms with Crippen LogP contribution in [0, 0.1) is 6.92 Å². The third-order valence-corrected chi connectivity index (χ3v) is 5.62. The van der Waals surface area contributed by atoms with Crippen molar-refractivity contribution in [3.8, 4) is 0 Å². The predicted molar refractivity (Wildman–Crippen MR) is 96.5 cm³/mol. The maximum Gasteiger partial charge on any atom is 0.255 e. The van der Waals surface area contributed by atoms with Crippen molar-refractivity contribution in [1.29, 1.82) is 0 Å². The lowest BCUT2D eigenvalue weighted by Gasteiger charge is -2.17. The first kappa shape index (κ1) is 16.8. The first-order chi connectivity index (χ1) is 11.3. The second-order valence-corrected chi connectivity index (χ2v) is 8.16. The summed E-state index contributed by atoms with van der Waals surface area (Å²) in [6.45, 7) is 2.27. The molecule has 1 aliphatic heterocycles. The number of hydrogen-bond acceptors (Lipinski definition) is 3. The Kier molecular flexibility index (Phi) is 4.27. The van der Waals surface area contributed by atoms with Gasteiger partial charge in [0.2, 0.25) is 10.0 Å². The molecule has 2 aromatic carbocycles. The molecule has 0 fully saturated rings. The van der Waals surface area contributed by atoms with Crippen LogP contribution >= 0.6 is 11.6 Å². The van der Waals surface area contributed by atoms with Gasteiger partial charge in [0.25, 0.3) is 5.91 Å². The molecule has 1 heterocycles. The summed E-state index contributed by atoms with van der Waals surface area (Å²) in [5, 5.41) is 3.44. The molecule has 0 saturated heterocycles. The molecule has 0 unspecified atom stereocenters. The van der Waals surface area contributed by atoms with Gasteiger partial charge in [-0.3, -0.25) is 9.10 Å². The molecule has 3 rings (SSSR count). The van der Waals surface area contributed by atoms with Crippen LogP contribution in [0.15, 0.2) is 36.4 Å². The fraction of sp³-hybridized carbons (Fsp3) is 0.235. The van der Waals surface area contributed by atoms with Gasteiger partial charge in [-0.15, -0.1) is 0 Å². The number of nitrogens with one attached hydrogen (secondary N) is 1. The predicted octanol–water partition coefficient (Wildman–Crippen LogP) is 3.22. The van der Waals surface area contributed by atoms with Gasteiger partial charge in [-0.1, -0.05) is 17.7 Å². The highest BCUT2D eigenvalue weighted by Gasteiger charge is 2.27. The molecule has 0 atom stereocenters. The highest BCUT2D eigenvalue weighted by molar-refractivity contribution is 7.92. The van der Waals surface area contributed by atoms with Crippen molar-refractivity contribution in [2.45, 2.75) is 13.3 Å². The van der Waals surface area contributed by atoms with Gasteiger partial charge in [-0.2, -0.15) is 0 Å². The molecule has 24 heavy (non-hydrogen) atoms. The maximum absolute atomic E-state index is 12.5. The number of carbonyl (C=O) groups excluding carboxylic acids is 1. The topological polar surface area (TPSA) is 66.5 Å². The van der Waals surface area contributed by atoms with Crippen LogP contribution in [0.2, 0.25) is 5.02 Å². The second-order valence-electron chi connectivity index (χ2n) is 5.85. The van der Waals surface area contributed by atoms with Crippen LogP contribution in [-0.4, -0.2) is 27.1 Å². The molecule has 126 valence electrons. The summed E-state index contributed by atoms with van der Waals surface area (Å²) in [6.07, 6.45) is 1.83. The quantitative estimate of drug-likeness (QED) is 0.909. The van der Waals surface area contributed by atoms with Crippen molar-refractivity contribution in [1.82, 2.24) is 0 Å². The number of sulfonamides is 1. The van der Waals surface area contributed by atoms with E-state index < -0.39 is 10.0 Å². The van der Waals surface area contributed by atoms with E-state index in [0.29, 0.717) is 34.9 Å². The normalized spacial score (nSPS) is 13.7. The summed E-state index contributed by atoms with van der Waals surface area (Å²) in [7, 11) is -3.34. The number of nitrogens with zero attached hydrogens (tertiary/aromatic N) is 1.